The molecule has 0 radical (unpaired) electrons. The largest absolute Gasteiger partial charge is 0.452 e. The Morgan fingerprint density at radius 1 is 1.39 bits per heavy atom. The molecule has 1 aliphatic rings. The minimum Gasteiger partial charge on any atom is -0.452 e. The van der Waals surface area contributed by atoms with Crippen molar-refractivity contribution >= 4 is 33.1 Å². The summed E-state index contributed by atoms with van der Waals surface area (Å²) in [5.74, 6) is -1.39. The highest BCUT2D eigenvalue weighted by atomic mass is 32.2. The molecule has 1 amide bonds. The number of hydrogen-bond donors (Lipinski definition) is 1. The van der Waals surface area contributed by atoms with Gasteiger partial charge in [0, 0.05) is 18.7 Å². The fourth-order valence-electron chi connectivity index (χ4n) is 2.99. The smallest absolute Gasteiger partial charge is 0.338 e. The van der Waals surface area contributed by atoms with Crippen LogP contribution >= 0.6 is 0 Å². The highest BCUT2D eigenvalue weighted by molar-refractivity contribution is 7.91. The summed E-state index contributed by atoms with van der Waals surface area (Å²) in [6.07, 6.45) is 0.346. The Morgan fingerprint density at radius 3 is 2.61 bits per heavy atom. The second-order valence-corrected chi connectivity index (χ2v) is 9.33. The van der Waals surface area contributed by atoms with Gasteiger partial charge in [0.2, 0.25) is 0 Å². The molecule has 1 saturated heterocycles. The number of nitro benzene ring substituents is 1. The van der Waals surface area contributed by atoms with E-state index in [0.29, 0.717) is 13.0 Å². The highest BCUT2D eigenvalue weighted by Crippen LogP contribution is 2.23. The van der Waals surface area contributed by atoms with Gasteiger partial charge < -0.3 is 15.4 Å². The van der Waals surface area contributed by atoms with Crippen LogP contribution in [0.1, 0.15) is 30.6 Å². The third kappa shape index (κ3) is 5.41. The van der Waals surface area contributed by atoms with Gasteiger partial charge in [0.25, 0.3) is 11.6 Å². The fraction of sp³-hybridized carbons (Fsp3) is 0.529. The first-order valence-corrected chi connectivity index (χ1v) is 10.5. The van der Waals surface area contributed by atoms with E-state index in [1.165, 1.54) is 17.0 Å². The molecule has 154 valence electrons. The monoisotopic (exact) mass is 413 g/mol. The first-order chi connectivity index (χ1) is 13.0. The summed E-state index contributed by atoms with van der Waals surface area (Å²) < 4.78 is 28.5. The maximum absolute atomic E-state index is 12.6. The van der Waals surface area contributed by atoms with Gasteiger partial charge in [-0.25, -0.2) is 13.2 Å². The second-order valence-electron chi connectivity index (χ2n) is 7.10. The van der Waals surface area contributed by atoms with Crippen LogP contribution in [0.5, 0.6) is 0 Å². The van der Waals surface area contributed by atoms with Crippen molar-refractivity contribution in [3.05, 3.63) is 33.9 Å². The van der Waals surface area contributed by atoms with E-state index in [1.807, 2.05) is 13.8 Å². The van der Waals surface area contributed by atoms with Crippen LogP contribution in [0.15, 0.2) is 18.2 Å². The van der Waals surface area contributed by atoms with Gasteiger partial charge in [-0.15, -0.1) is 0 Å². The van der Waals surface area contributed by atoms with Gasteiger partial charge >= 0.3 is 5.97 Å². The van der Waals surface area contributed by atoms with Gasteiger partial charge in [-0.3, -0.25) is 14.9 Å². The van der Waals surface area contributed by atoms with Gasteiger partial charge in [0.05, 0.1) is 22.0 Å². The number of carbonyl (C=O) groups is 2. The minimum absolute atomic E-state index is 0.0223. The van der Waals surface area contributed by atoms with Gasteiger partial charge in [-0.05, 0) is 24.5 Å². The SMILES string of the molecule is CC(C)CN(C(=O)COC(=O)c1ccc(N)c([N+](=O)[O-])c1)C1CCS(=O)(=O)C1. The molecule has 1 heterocycles. The molecule has 11 heteroatoms. The predicted molar refractivity (Wildman–Crippen MR) is 101 cm³/mol. The van der Waals surface area contributed by atoms with Crippen LogP contribution in [0.2, 0.25) is 0 Å². The number of carbonyl (C=O) groups excluding carboxylic acids is 2. The molecule has 0 spiro atoms. The average Bonchev–Trinajstić information content (AvgIpc) is 2.96. The van der Waals surface area contributed by atoms with Crippen molar-refractivity contribution in [2.24, 2.45) is 5.92 Å². The van der Waals surface area contributed by atoms with Crippen LogP contribution in [-0.4, -0.2) is 60.8 Å². The molecular weight excluding hydrogens is 390 g/mol. The molecule has 0 aromatic heterocycles. The van der Waals surface area contributed by atoms with Gasteiger partial charge in [0.1, 0.15) is 5.69 Å². The summed E-state index contributed by atoms with van der Waals surface area (Å²) in [6.45, 7) is 3.54. The fourth-order valence-corrected chi connectivity index (χ4v) is 4.72. The number of esters is 1. The van der Waals surface area contributed by atoms with Gasteiger partial charge in [0.15, 0.2) is 16.4 Å². The third-order valence-electron chi connectivity index (χ3n) is 4.32. The number of amides is 1. The van der Waals surface area contributed by atoms with Crippen molar-refractivity contribution < 1.29 is 27.7 Å². The third-order valence-corrected chi connectivity index (χ3v) is 6.07. The molecule has 1 aliphatic heterocycles. The molecule has 1 atom stereocenters. The molecule has 10 nitrogen and oxygen atoms in total. The first kappa shape index (κ1) is 21.6. The number of nitrogens with two attached hydrogens (primary N) is 1. The summed E-state index contributed by atoms with van der Waals surface area (Å²) in [5, 5.41) is 10.9. The zero-order valence-corrected chi connectivity index (χ0v) is 16.5. The molecule has 2 N–H and O–H groups in total. The van der Waals surface area contributed by atoms with Crippen LogP contribution < -0.4 is 5.73 Å². The zero-order valence-electron chi connectivity index (χ0n) is 15.7. The first-order valence-electron chi connectivity index (χ1n) is 8.71. The maximum Gasteiger partial charge on any atom is 0.338 e. The van der Waals surface area contributed by atoms with E-state index in [4.69, 9.17) is 10.5 Å². The average molecular weight is 413 g/mol. The Balaban J connectivity index is 2.06. The van der Waals surface area contributed by atoms with E-state index in [9.17, 15) is 28.1 Å². The molecule has 1 aromatic rings. The molecule has 1 unspecified atom stereocenters. The van der Waals surface area contributed by atoms with E-state index in [2.05, 4.69) is 0 Å². The van der Waals surface area contributed by atoms with Crippen molar-refractivity contribution in [3.63, 3.8) is 0 Å². The Hall–Kier alpha value is -2.69. The van der Waals surface area contributed by atoms with Crippen LogP contribution in [0.25, 0.3) is 0 Å². The van der Waals surface area contributed by atoms with Crippen molar-refractivity contribution in [2.75, 3.05) is 30.4 Å². The van der Waals surface area contributed by atoms with E-state index < -0.39 is 45.0 Å². The Morgan fingerprint density at radius 2 is 2.07 bits per heavy atom. The van der Waals surface area contributed by atoms with E-state index in [-0.39, 0.29) is 28.7 Å². The Labute approximate surface area is 162 Å². The Bertz CT molecular complexity index is 883. The minimum atomic E-state index is -3.18. The number of ether oxygens (including phenoxy) is 1. The molecule has 2 rings (SSSR count). The summed E-state index contributed by atoms with van der Waals surface area (Å²) in [4.78, 5) is 36.4. The van der Waals surface area contributed by atoms with E-state index in [0.717, 1.165) is 6.07 Å². The predicted octanol–water partition coefficient (Wildman–Crippen LogP) is 1.01. The molecular formula is C17H23N3O7S. The molecule has 0 bridgehead atoms. The topological polar surface area (TPSA) is 150 Å². The van der Waals surface area contributed by atoms with Crippen molar-refractivity contribution in [3.8, 4) is 0 Å². The molecule has 0 aliphatic carbocycles. The number of sulfone groups is 1. The number of rotatable bonds is 7. The summed E-state index contributed by atoms with van der Waals surface area (Å²) in [5.41, 5.74) is 4.86. The highest BCUT2D eigenvalue weighted by Gasteiger charge is 2.35. The molecule has 1 aromatic carbocycles. The second kappa shape index (κ2) is 8.55. The summed E-state index contributed by atoms with van der Waals surface area (Å²) >= 11 is 0. The normalized spacial score (nSPS) is 18.0. The number of anilines is 1. The standard InChI is InChI=1S/C17H23N3O7S/c1-11(2)8-19(13-5-6-28(25,26)10-13)16(21)9-27-17(22)12-3-4-14(18)15(7-12)20(23)24/h3-4,7,11,13H,5-6,8-10,18H2,1-2H3. The molecule has 0 saturated carbocycles. The van der Waals surface area contributed by atoms with Crippen LogP contribution in [0.4, 0.5) is 11.4 Å². The van der Waals surface area contributed by atoms with Gasteiger partial charge in [-0.2, -0.15) is 0 Å². The Kier molecular flexibility index (Phi) is 6.60. The van der Waals surface area contributed by atoms with Crippen molar-refractivity contribution in [1.29, 1.82) is 0 Å². The lowest BCUT2D eigenvalue weighted by molar-refractivity contribution is -0.383. The molecule has 1 fully saturated rings. The number of nitrogen functional groups attached to an aromatic ring is 1. The summed E-state index contributed by atoms with van der Waals surface area (Å²) in [7, 11) is -3.18. The summed E-state index contributed by atoms with van der Waals surface area (Å²) in [6, 6.07) is 3.02. The van der Waals surface area contributed by atoms with E-state index >= 15 is 0 Å². The van der Waals surface area contributed by atoms with Crippen LogP contribution in [-0.2, 0) is 19.4 Å². The quantitative estimate of drug-likeness (QED) is 0.301. The van der Waals surface area contributed by atoms with Gasteiger partial charge in [-0.1, -0.05) is 13.8 Å². The lowest BCUT2D eigenvalue weighted by atomic mass is 10.1. The van der Waals surface area contributed by atoms with Crippen molar-refractivity contribution in [1.82, 2.24) is 4.90 Å². The lowest BCUT2D eigenvalue weighted by Crippen LogP contribution is -2.45. The number of nitrogens with zero attached hydrogens (tertiary/aromatic N) is 2. The zero-order chi connectivity index (χ0) is 21.1. The van der Waals surface area contributed by atoms with Crippen LogP contribution in [0.3, 0.4) is 0 Å². The lowest BCUT2D eigenvalue weighted by Gasteiger charge is -2.29. The molecule has 28 heavy (non-hydrogen) atoms. The van der Waals surface area contributed by atoms with Crippen LogP contribution in [0, 0.1) is 16.0 Å². The maximum atomic E-state index is 12.6. The number of nitro groups is 1. The number of hydrogen-bond acceptors (Lipinski definition) is 8. The van der Waals surface area contributed by atoms with Crippen molar-refractivity contribution in [2.45, 2.75) is 26.3 Å². The number of benzene rings is 1. The van der Waals surface area contributed by atoms with E-state index in [1.54, 1.807) is 0 Å².